The van der Waals surface area contributed by atoms with Gasteiger partial charge in [0.15, 0.2) is 0 Å². The van der Waals surface area contributed by atoms with Gasteiger partial charge in [0.05, 0.1) is 0 Å². The number of ether oxygens (including phenoxy) is 1. The third-order valence-electron chi connectivity index (χ3n) is 3.41. The summed E-state index contributed by atoms with van der Waals surface area (Å²) in [7, 11) is 1.55. The Morgan fingerprint density at radius 2 is 2.32 bits per heavy atom. The Morgan fingerprint density at radius 1 is 1.58 bits per heavy atom. The summed E-state index contributed by atoms with van der Waals surface area (Å²) in [5.74, 6) is 0.0206. The van der Waals surface area contributed by atoms with E-state index in [2.05, 4.69) is 19.1 Å². The molecule has 3 nitrogen and oxygen atoms in total. The predicted octanol–water partition coefficient (Wildman–Crippen LogP) is 2.78. The van der Waals surface area contributed by atoms with Gasteiger partial charge in [-0.1, -0.05) is 12.1 Å². The summed E-state index contributed by atoms with van der Waals surface area (Å²) < 4.78 is 4.95. The molecule has 0 bridgehead atoms. The van der Waals surface area contributed by atoms with Crippen LogP contribution >= 0.6 is 11.6 Å². The number of benzene rings is 1. The van der Waals surface area contributed by atoms with E-state index >= 15 is 0 Å². The van der Waals surface area contributed by atoms with Crippen LogP contribution < -0.4 is 4.90 Å². The molecule has 2 unspecified atom stereocenters. The molecule has 0 radical (unpaired) electrons. The van der Waals surface area contributed by atoms with E-state index < -0.39 is 0 Å². The van der Waals surface area contributed by atoms with E-state index in [1.54, 1.807) is 7.11 Å². The highest BCUT2D eigenvalue weighted by atomic mass is 35.5. The molecule has 0 saturated carbocycles. The van der Waals surface area contributed by atoms with Gasteiger partial charge in [-0.15, -0.1) is 11.6 Å². The van der Waals surface area contributed by atoms with Crippen molar-refractivity contribution in [2.45, 2.75) is 38.1 Å². The highest BCUT2D eigenvalue weighted by Crippen LogP contribution is 2.33. The first-order valence-corrected chi connectivity index (χ1v) is 7.03. The van der Waals surface area contributed by atoms with Crippen molar-refractivity contribution in [2.24, 2.45) is 0 Å². The largest absolute Gasteiger partial charge is 0.375 e. The first-order valence-electron chi connectivity index (χ1n) is 6.59. The Kier molecular flexibility index (Phi) is 4.48. The highest BCUT2D eigenvalue weighted by Gasteiger charge is 2.30. The molecule has 2 rings (SSSR count). The number of anilines is 1. The minimum atomic E-state index is 0.0206. The summed E-state index contributed by atoms with van der Waals surface area (Å²) in [6.45, 7) is 4.19. The van der Waals surface area contributed by atoms with Gasteiger partial charge in [0.25, 0.3) is 5.91 Å². The van der Waals surface area contributed by atoms with E-state index in [0.29, 0.717) is 0 Å². The van der Waals surface area contributed by atoms with Gasteiger partial charge in [0.2, 0.25) is 0 Å². The molecule has 0 spiro atoms. The fourth-order valence-electron chi connectivity index (χ4n) is 2.71. The molecule has 1 amide bonds. The number of carbonyl (C=O) groups is 1. The van der Waals surface area contributed by atoms with E-state index in [1.807, 2.05) is 17.9 Å². The van der Waals surface area contributed by atoms with Gasteiger partial charge >= 0.3 is 0 Å². The predicted molar refractivity (Wildman–Crippen MR) is 78.0 cm³/mol. The van der Waals surface area contributed by atoms with Crippen LogP contribution in [0.4, 0.5) is 5.69 Å². The molecule has 0 fully saturated rings. The van der Waals surface area contributed by atoms with Crippen LogP contribution in [0.15, 0.2) is 18.2 Å². The summed E-state index contributed by atoms with van der Waals surface area (Å²) in [6, 6.07) is 6.45. The van der Waals surface area contributed by atoms with Crippen LogP contribution in [0.25, 0.3) is 0 Å². The van der Waals surface area contributed by atoms with Crippen LogP contribution in [-0.2, 0) is 22.4 Å². The zero-order chi connectivity index (χ0) is 14.0. The summed E-state index contributed by atoms with van der Waals surface area (Å²) >= 11 is 6.03. The summed E-state index contributed by atoms with van der Waals surface area (Å²) in [4.78, 5) is 13.9. The Balaban J connectivity index is 2.24. The number of rotatable bonds is 4. The minimum Gasteiger partial charge on any atom is -0.375 e. The molecule has 104 valence electrons. The molecule has 0 saturated heterocycles. The number of amides is 1. The molecule has 1 aliphatic rings. The number of carbonyl (C=O) groups excluding carboxylic acids is 1. The topological polar surface area (TPSA) is 29.5 Å². The molecule has 19 heavy (non-hydrogen) atoms. The normalized spacial score (nSPS) is 19.4. The van der Waals surface area contributed by atoms with Gasteiger partial charge in [-0.05, 0) is 43.9 Å². The average molecular weight is 282 g/mol. The molecule has 0 aliphatic carbocycles. The Hall–Kier alpha value is -1.06. The molecule has 0 aromatic heterocycles. The molecule has 2 atom stereocenters. The van der Waals surface area contributed by atoms with Crippen molar-refractivity contribution in [1.82, 2.24) is 0 Å². The SMILES string of the molecule is COCC(=O)N1c2ccc(CC(C)Cl)cc2CC1C. The summed E-state index contributed by atoms with van der Waals surface area (Å²) in [5.41, 5.74) is 3.47. The Labute approximate surface area is 119 Å². The maximum atomic E-state index is 12.1. The highest BCUT2D eigenvalue weighted by molar-refractivity contribution is 6.20. The monoisotopic (exact) mass is 281 g/mol. The second-order valence-corrected chi connectivity index (χ2v) is 5.94. The van der Waals surface area contributed by atoms with Crippen molar-refractivity contribution >= 4 is 23.2 Å². The standard InChI is InChI=1S/C15H20ClNO2/c1-10(16)6-12-4-5-14-13(8-12)7-11(2)17(14)15(18)9-19-3/h4-5,8,10-11H,6-7,9H2,1-3H3. The lowest BCUT2D eigenvalue weighted by Crippen LogP contribution is -2.38. The van der Waals surface area contributed by atoms with Gasteiger partial charge in [-0.3, -0.25) is 4.79 Å². The molecule has 1 aliphatic heterocycles. The van der Waals surface area contributed by atoms with Crippen LogP contribution in [0.1, 0.15) is 25.0 Å². The minimum absolute atomic E-state index is 0.0206. The summed E-state index contributed by atoms with van der Waals surface area (Å²) in [6.07, 6.45) is 1.75. The van der Waals surface area contributed by atoms with Gasteiger partial charge in [0, 0.05) is 24.2 Å². The van der Waals surface area contributed by atoms with Gasteiger partial charge in [0.1, 0.15) is 6.61 Å². The quantitative estimate of drug-likeness (QED) is 0.794. The smallest absolute Gasteiger partial charge is 0.253 e. The molecule has 1 heterocycles. The van der Waals surface area contributed by atoms with Crippen LogP contribution in [0.5, 0.6) is 0 Å². The number of hydrogen-bond donors (Lipinski definition) is 0. The zero-order valence-corrected chi connectivity index (χ0v) is 12.4. The number of fused-ring (bicyclic) bond motifs is 1. The van der Waals surface area contributed by atoms with Crippen molar-refractivity contribution in [3.05, 3.63) is 29.3 Å². The lowest BCUT2D eigenvalue weighted by atomic mass is 10.0. The third-order valence-corrected chi connectivity index (χ3v) is 3.57. The number of methoxy groups -OCH3 is 1. The van der Waals surface area contributed by atoms with E-state index in [4.69, 9.17) is 16.3 Å². The number of hydrogen-bond acceptors (Lipinski definition) is 2. The van der Waals surface area contributed by atoms with Gasteiger partial charge in [-0.25, -0.2) is 0 Å². The average Bonchev–Trinajstić information content (AvgIpc) is 2.63. The van der Waals surface area contributed by atoms with Crippen LogP contribution in [0.3, 0.4) is 0 Å². The fraction of sp³-hybridized carbons (Fsp3) is 0.533. The van der Waals surface area contributed by atoms with Crippen LogP contribution in [0, 0.1) is 0 Å². The lowest BCUT2D eigenvalue weighted by Gasteiger charge is -2.22. The molecular weight excluding hydrogens is 262 g/mol. The van der Waals surface area contributed by atoms with Crippen molar-refractivity contribution in [2.75, 3.05) is 18.6 Å². The van der Waals surface area contributed by atoms with Crippen molar-refractivity contribution in [1.29, 1.82) is 0 Å². The molecular formula is C15H20ClNO2. The number of halogens is 1. The fourth-order valence-corrected chi connectivity index (χ4v) is 2.89. The van der Waals surface area contributed by atoms with E-state index in [9.17, 15) is 4.79 Å². The first kappa shape index (κ1) is 14.4. The van der Waals surface area contributed by atoms with E-state index in [0.717, 1.165) is 18.5 Å². The Bertz CT molecular complexity index is 473. The number of alkyl halides is 1. The van der Waals surface area contributed by atoms with Crippen LogP contribution in [-0.4, -0.2) is 31.0 Å². The maximum absolute atomic E-state index is 12.1. The number of nitrogens with zero attached hydrogens (tertiary/aromatic N) is 1. The lowest BCUT2D eigenvalue weighted by molar-refractivity contribution is -0.122. The second-order valence-electron chi connectivity index (χ2n) is 5.20. The molecule has 0 N–H and O–H groups in total. The molecule has 4 heteroatoms. The van der Waals surface area contributed by atoms with Gasteiger partial charge in [-0.2, -0.15) is 0 Å². The van der Waals surface area contributed by atoms with Crippen molar-refractivity contribution in [3.8, 4) is 0 Å². The van der Waals surface area contributed by atoms with Crippen LogP contribution in [0.2, 0.25) is 0 Å². The van der Waals surface area contributed by atoms with E-state index in [-0.39, 0.29) is 23.9 Å². The zero-order valence-electron chi connectivity index (χ0n) is 11.6. The third kappa shape index (κ3) is 3.10. The molecule has 1 aromatic rings. The molecule has 1 aromatic carbocycles. The van der Waals surface area contributed by atoms with Gasteiger partial charge < -0.3 is 9.64 Å². The second kappa shape index (κ2) is 5.93. The van der Waals surface area contributed by atoms with Crippen molar-refractivity contribution < 1.29 is 9.53 Å². The summed E-state index contributed by atoms with van der Waals surface area (Å²) in [5, 5.41) is 0.128. The first-order chi connectivity index (χ1) is 9.02. The Morgan fingerprint density at radius 3 is 2.95 bits per heavy atom. The van der Waals surface area contributed by atoms with Crippen molar-refractivity contribution in [3.63, 3.8) is 0 Å². The maximum Gasteiger partial charge on any atom is 0.253 e. The van der Waals surface area contributed by atoms with E-state index in [1.165, 1.54) is 11.1 Å².